The third-order valence-corrected chi connectivity index (χ3v) is 10.4. The molecule has 7 atom stereocenters. The van der Waals surface area contributed by atoms with Crippen LogP contribution in [-0.4, -0.2) is 44.0 Å². The molecule has 0 radical (unpaired) electrons. The number of hydrogen-bond acceptors (Lipinski definition) is 5. The minimum Gasteiger partial charge on any atom is -0.393 e. The molecule has 0 bridgehead atoms. The van der Waals surface area contributed by atoms with E-state index >= 15 is 0 Å². The maximum absolute atomic E-state index is 13.3. The van der Waals surface area contributed by atoms with Gasteiger partial charge in [-0.25, -0.2) is 0 Å². The van der Waals surface area contributed by atoms with Crippen LogP contribution in [0, 0.1) is 28.6 Å². The minimum absolute atomic E-state index is 0.0266. The second-order valence-electron chi connectivity index (χ2n) is 11.8. The van der Waals surface area contributed by atoms with Crippen molar-refractivity contribution in [2.45, 2.75) is 96.0 Å². The first-order valence-electron chi connectivity index (χ1n) is 11.6. The van der Waals surface area contributed by atoms with Crippen LogP contribution in [0.15, 0.2) is 11.6 Å². The van der Waals surface area contributed by atoms with Gasteiger partial charge < -0.3 is 10.2 Å². The maximum atomic E-state index is 13.3. The van der Waals surface area contributed by atoms with Crippen molar-refractivity contribution in [2.24, 2.45) is 28.6 Å². The van der Waals surface area contributed by atoms with Crippen LogP contribution >= 0.6 is 11.8 Å². The Balaban J connectivity index is 1.63. The first kappa shape index (κ1) is 22.5. The molecule has 4 nitrogen and oxygen atoms in total. The monoisotopic (exact) mass is 434 g/mol. The van der Waals surface area contributed by atoms with Crippen molar-refractivity contribution < 1.29 is 19.8 Å². The lowest BCUT2D eigenvalue weighted by atomic mass is 9.45. The van der Waals surface area contributed by atoms with Crippen molar-refractivity contribution in [1.82, 2.24) is 0 Å². The van der Waals surface area contributed by atoms with Crippen molar-refractivity contribution >= 4 is 23.3 Å². The first-order chi connectivity index (χ1) is 13.8. The quantitative estimate of drug-likeness (QED) is 0.692. The molecule has 5 heteroatoms. The number of carbonyl (C=O) groups excluding carboxylic acids is 2. The van der Waals surface area contributed by atoms with E-state index in [-0.39, 0.29) is 33.6 Å². The van der Waals surface area contributed by atoms with Gasteiger partial charge in [-0.3, -0.25) is 9.59 Å². The summed E-state index contributed by atoms with van der Waals surface area (Å²) in [5.74, 6) is 1.13. The Kier molecular flexibility index (Phi) is 5.39. The van der Waals surface area contributed by atoms with Crippen molar-refractivity contribution in [2.75, 3.05) is 5.75 Å². The molecule has 0 amide bonds. The van der Waals surface area contributed by atoms with Crippen molar-refractivity contribution in [3.63, 3.8) is 0 Å². The number of ketones is 2. The SMILES string of the molecule is CC(C)(C)SCC(=O)[C@@]1(O)CC[C@@H]2[C@H]3CCC4=CC(=O)CC[C@]4(C)[C@H]3[C@@H](O)C[C@@]21C. The topological polar surface area (TPSA) is 74.6 Å². The summed E-state index contributed by atoms with van der Waals surface area (Å²) in [5.41, 5.74) is -0.842. The Labute approximate surface area is 185 Å². The van der Waals surface area contributed by atoms with E-state index in [2.05, 4.69) is 34.6 Å². The number of aliphatic hydroxyl groups excluding tert-OH is 1. The van der Waals surface area contributed by atoms with E-state index in [0.29, 0.717) is 30.9 Å². The summed E-state index contributed by atoms with van der Waals surface area (Å²) in [6.45, 7) is 10.6. The van der Waals surface area contributed by atoms with E-state index in [0.717, 1.165) is 25.7 Å². The summed E-state index contributed by atoms with van der Waals surface area (Å²) >= 11 is 1.59. The Hall–Kier alpha value is -0.650. The average molecular weight is 435 g/mol. The van der Waals surface area contributed by atoms with Gasteiger partial charge in [0, 0.05) is 16.6 Å². The average Bonchev–Trinajstić information content (AvgIpc) is 2.91. The molecule has 0 heterocycles. The highest BCUT2D eigenvalue weighted by molar-refractivity contribution is 8.01. The molecule has 4 rings (SSSR count). The molecule has 0 unspecified atom stereocenters. The summed E-state index contributed by atoms with van der Waals surface area (Å²) in [6, 6.07) is 0. The van der Waals surface area contributed by atoms with E-state index in [1.807, 2.05) is 6.08 Å². The van der Waals surface area contributed by atoms with Crippen LogP contribution in [0.3, 0.4) is 0 Å². The van der Waals surface area contributed by atoms with Crippen molar-refractivity contribution in [3.8, 4) is 0 Å². The standard InChI is InChI=1S/C25H38O4S/c1-22(2,3)30-14-20(28)25(29)11-9-18-17-7-6-15-12-16(26)8-10-23(15,4)21(17)19(27)13-24(18,25)5/h12,17-19,21,27,29H,6-11,13-14H2,1-5H3/t17-,18-,19+,21-,23+,24+,25+/m1/s1. The largest absolute Gasteiger partial charge is 0.393 e. The molecule has 0 spiro atoms. The number of rotatable bonds is 3. The molecule has 4 aliphatic rings. The fourth-order valence-electron chi connectivity index (χ4n) is 7.55. The third kappa shape index (κ3) is 3.26. The molecular weight excluding hydrogens is 396 g/mol. The van der Waals surface area contributed by atoms with Crippen LogP contribution in [0.2, 0.25) is 0 Å². The number of hydrogen-bond donors (Lipinski definition) is 2. The zero-order valence-electron chi connectivity index (χ0n) is 19.2. The highest BCUT2D eigenvalue weighted by atomic mass is 32.2. The number of fused-ring (bicyclic) bond motifs is 5. The lowest BCUT2D eigenvalue weighted by Gasteiger charge is -2.60. The molecule has 0 aliphatic heterocycles. The molecule has 0 aromatic carbocycles. The molecule has 0 aromatic heterocycles. The van der Waals surface area contributed by atoms with Gasteiger partial charge in [-0.1, -0.05) is 40.2 Å². The van der Waals surface area contributed by atoms with E-state index in [1.165, 1.54) is 5.57 Å². The molecule has 0 aromatic rings. The summed E-state index contributed by atoms with van der Waals surface area (Å²) < 4.78 is -0.0266. The van der Waals surface area contributed by atoms with Crippen LogP contribution in [0.1, 0.15) is 79.6 Å². The molecule has 0 saturated heterocycles. The Morgan fingerprint density at radius 1 is 1.20 bits per heavy atom. The van der Waals surface area contributed by atoms with Gasteiger partial charge in [0.05, 0.1) is 11.9 Å². The van der Waals surface area contributed by atoms with Crippen LogP contribution < -0.4 is 0 Å². The number of allylic oxidation sites excluding steroid dienone is 1. The van der Waals surface area contributed by atoms with E-state index in [9.17, 15) is 19.8 Å². The lowest BCUT2D eigenvalue weighted by molar-refractivity contribution is -0.178. The van der Waals surface area contributed by atoms with E-state index in [4.69, 9.17) is 0 Å². The van der Waals surface area contributed by atoms with Gasteiger partial charge in [0.1, 0.15) is 5.60 Å². The van der Waals surface area contributed by atoms with Crippen LogP contribution in [0.4, 0.5) is 0 Å². The Morgan fingerprint density at radius 3 is 2.57 bits per heavy atom. The van der Waals surface area contributed by atoms with Gasteiger partial charge in [-0.15, -0.1) is 11.8 Å². The zero-order valence-corrected chi connectivity index (χ0v) is 20.0. The minimum atomic E-state index is -1.35. The predicted molar refractivity (Wildman–Crippen MR) is 120 cm³/mol. The molecular formula is C25H38O4S. The van der Waals surface area contributed by atoms with E-state index in [1.54, 1.807) is 11.8 Å². The number of aliphatic hydroxyl groups is 2. The zero-order chi connectivity index (χ0) is 22.1. The second-order valence-corrected chi connectivity index (χ2v) is 13.6. The Morgan fingerprint density at radius 2 is 1.90 bits per heavy atom. The maximum Gasteiger partial charge on any atom is 0.174 e. The molecule has 3 saturated carbocycles. The van der Waals surface area contributed by atoms with Crippen molar-refractivity contribution in [3.05, 3.63) is 11.6 Å². The third-order valence-electron chi connectivity index (χ3n) is 9.15. The first-order valence-corrected chi connectivity index (χ1v) is 12.6. The molecule has 2 N–H and O–H groups in total. The Bertz CT molecular complexity index is 783. The molecule has 4 aliphatic carbocycles. The molecule has 168 valence electrons. The van der Waals surface area contributed by atoms with Crippen LogP contribution in [0.5, 0.6) is 0 Å². The summed E-state index contributed by atoms with van der Waals surface area (Å²) in [4.78, 5) is 25.3. The number of carbonyl (C=O) groups is 2. The normalized spacial score (nSPS) is 46.0. The highest BCUT2D eigenvalue weighted by Gasteiger charge is 2.68. The second kappa shape index (κ2) is 7.18. The smallest absolute Gasteiger partial charge is 0.174 e. The predicted octanol–water partition coefficient (Wildman–Crippen LogP) is 4.32. The van der Waals surface area contributed by atoms with Gasteiger partial charge in [0.25, 0.3) is 0 Å². The van der Waals surface area contributed by atoms with Gasteiger partial charge >= 0.3 is 0 Å². The van der Waals surface area contributed by atoms with Gasteiger partial charge in [0.15, 0.2) is 11.6 Å². The van der Waals surface area contributed by atoms with E-state index < -0.39 is 17.1 Å². The fourth-order valence-corrected chi connectivity index (χ4v) is 8.35. The van der Waals surface area contributed by atoms with Crippen LogP contribution in [0.25, 0.3) is 0 Å². The lowest BCUT2D eigenvalue weighted by Crippen LogP contribution is -2.62. The molecule has 30 heavy (non-hydrogen) atoms. The summed E-state index contributed by atoms with van der Waals surface area (Å²) in [7, 11) is 0. The summed E-state index contributed by atoms with van der Waals surface area (Å²) in [6.07, 6.45) is 6.33. The highest BCUT2D eigenvalue weighted by Crippen LogP contribution is 2.67. The number of Topliss-reactive ketones (excluding diaryl/α,β-unsaturated/α-hetero) is 1. The summed E-state index contributed by atoms with van der Waals surface area (Å²) in [5, 5.41) is 23.1. The molecule has 3 fully saturated rings. The fraction of sp³-hybridized carbons (Fsp3) is 0.840. The van der Waals surface area contributed by atoms with Gasteiger partial charge in [0.2, 0.25) is 0 Å². The number of thioether (sulfide) groups is 1. The van der Waals surface area contributed by atoms with Crippen LogP contribution in [-0.2, 0) is 9.59 Å². The van der Waals surface area contributed by atoms with Gasteiger partial charge in [-0.05, 0) is 67.8 Å². The van der Waals surface area contributed by atoms with Gasteiger partial charge in [-0.2, -0.15) is 0 Å². The van der Waals surface area contributed by atoms with Crippen molar-refractivity contribution in [1.29, 1.82) is 0 Å².